The number of benzene rings is 1. The number of amides is 1. The summed E-state index contributed by atoms with van der Waals surface area (Å²) in [4.78, 5) is 23.8. The molecule has 4 rings (SSSR count). The lowest BCUT2D eigenvalue weighted by Crippen LogP contribution is -2.14. The molecule has 0 atom stereocenters. The number of carbonyl (C=O) groups excluding carboxylic acids is 1. The van der Waals surface area contributed by atoms with Crippen molar-refractivity contribution >= 4 is 33.4 Å². The Morgan fingerprint density at radius 3 is 2.96 bits per heavy atom. The van der Waals surface area contributed by atoms with Crippen LogP contribution in [-0.2, 0) is 11.2 Å². The molecule has 0 aliphatic heterocycles. The zero-order valence-corrected chi connectivity index (χ0v) is 13.9. The minimum absolute atomic E-state index is 0.0972. The highest BCUT2D eigenvalue weighted by Gasteiger charge is 2.13. The quantitative estimate of drug-likeness (QED) is 0.525. The summed E-state index contributed by atoms with van der Waals surface area (Å²) in [5.41, 5.74) is 3.18. The van der Waals surface area contributed by atoms with Gasteiger partial charge in [-0.15, -0.1) is 11.3 Å². The molecule has 3 heterocycles. The van der Waals surface area contributed by atoms with E-state index in [-0.39, 0.29) is 11.7 Å². The first kappa shape index (κ1) is 15.3. The number of nitrogens with one attached hydrogen (secondary N) is 2. The van der Waals surface area contributed by atoms with Gasteiger partial charge in [-0.1, -0.05) is 30.3 Å². The molecular weight excluding hydrogens is 336 g/mol. The number of hydrogen-bond acceptors (Lipinski definition) is 5. The van der Waals surface area contributed by atoms with Crippen LogP contribution in [-0.4, -0.2) is 26.0 Å². The Morgan fingerprint density at radius 1 is 1.28 bits per heavy atom. The van der Waals surface area contributed by atoms with Crippen molar-refractivity contribution in [1.82, 2.24) is 15.0 Å². The molecule has 0 saturated carbocycles. The number of nitrogens with zero attached hydrogens (tertiary/aromatic N) is 2. The maximum Gasteiger partial charge on any atom is 0.230 e. The van der Waals surface area contributed by atoms with Crippen molar-refractivity contribution in [2.75, 3.05) is 5.32 Å². The molecule has 25 heavy (non-hydrogen) atoms. The number of hydrogen-bond donors (Lipinski definition) is 3. The maximum absolute atomic E-state index is 12.1. The van der Waals surface area contributed by atoms with Crippen molar-refractivity contribution in [3.63, 3.8) is 0 Å². The van der Waals surface area contributed by atoms with Crippen LogP contribution >= 0.6 is 11.3 Å². The van der Waals surface area contributed by atoms with E-state index < -0.39 is 0 Å². The minimum Gasteiger partial charge on any atom is -0.506 e. The summed E-state index contributed by atoms with van der Waals surface area (Å²) in [5.74, 6) is -0.00898. The number of fused-ring (bicyclic) bond motifs is 1. The number of H-pyrrole nitrogens is 1. The number of aromatic hydroxyl groups is 1. The second kappa shape index (κ2) is 6.37. The molecule has 0 aliphatic carbocycles. The molecule has 0 unspecified atom stereocenters. The van der Waals surface area contributed by atoms with E-state index in [0.29, 0.717) is 17.2 Å². The predicted octanol–water partition coefficient (Wildman–Crippen LogP) is 3.57. The average molecular weight is 350 g/mol. The number of rotatable bonds is 4. The van der Waals surface area contributed by atoms with Crippen molar-refractivity contribution in [3.05, 3.63) is 59.7 Å². The monoisotopic (exact) mass is 350 g/mol. The summed E-state index contributed by atoms with van der Waals surface area (Å²) in [6.45, 7) is 0. The van der Waals surface area contributed by atoms with Gasteiger partial charge in [-0.3, -0.25) is 4.79 Å². The Kier molecular flexibility index (Phi) is 3.91. The average Bonchev–Trinajstić information content (AvgIpc) is 3.22. The molecule has 1 aromatic carbocycles. The highest BCUT2D eigenvalue weighted by atomic mass is 32.1. The van der Waals surface area contributed by atoms with Crippen molar-refractivity contribution in [1.29, 1.82) is 0 Å². The zero-order valence-electron chi connectivity index (χ0n) is 13.1. The van der Waals surface area contributed by atoms with Crippen LogP contribution in [0.25, 0.3) is 22.3 Å². The lowest BCUT2D eigenvalue weighted by molar-refractivity contribution is -0.115. The first-order valence-corrected chi connectivity index (χ1v) is 8.53. The first-order valence-electron chi connectivity index (χ1n) is 7.65. The van der Waals surface area contributed by atoms with Gasteiger partial charge in [0.1, 0.15) is 11.4 Å². The second-order valence-electron chi connectivity index (χ2n) is 5.54. The summed E-state index contributed by atoms with van der Waals surface area (Å²) >= 11 is 1.36. The highest BCUT2D eigenvalue weighted by Crippen LogP contribution is 2.31. The van der Waals surface area contributed by atoms with Crippen molar-refractivity contribution in [2.45, 2.75) is 6.42 Å². The molecule has 7 heteroatoms. The largest absolute Gasteiger partial charge is 0.506 e. The van der Waals surface area contributed by atoms with Crippen LogP contribution in [0.3, 0.4) is 0 Å². The van der Waals surface area contributed by atoms with Gasteiger partial charge in [0.05, 0.1) is 18.3 Å². The highest BCUT2D eigenvalue weighted by molar-refractivity contribution is 7.14. The number of anilines is 1. The molecule has 0 saturated heterocycles. The summed E-state index contributed by atoms with van der Waals surface area (Å²) < 4.78 is 0. The van der Waals surface area contributed by atoms with E-state index in [0.717, 1.165) is 22.2 Å². The lowest BCUT2D eigenvalue weighted by Gasteiger charge is -2.01. The van der Waals surface area contributed by atoms with Crippen LogP contribution in [0.4, 0.5) is 5.13 Å². The van der Waals surface area contributed by atoms with Gasteiger partial charge >= 0.3 is 0 Å². The normalized spacial score (nSPS) is 10.9. The van der Waals surface area contributed by atoms with Crippen LogP contribution in [0.1, 0.15) is 5.56 Å². The molecule has 124 valence electrons. The second-order valence-corrected chi connectivity index (χ2v) is 6.40. The van der Waals surface area contributed by atoms with Gasteiger partial charge in [0.2, 0.25) is 5.91 Å². The van der Waals surface area contributed by atoms with E-state index in [4.69, 9.17) is 0 Å². The molecule has 0 fully saturated rings. The molecule has 0 radical (unpaired) electrons. The van der Waals surface area contributed by atoms with E-state index in [2.05, 4.69) is 20.3 Å². The summed E-state index contributed by atoms with van der Waals surface area (Å²) in [5, 5.41) is 15.6. The van der Waals surface area contributed by atoms with Crippen LogP contribution in [0.2, 0.25) is 0 Å². The molecule has 3 aromatic heterocycles. The molecule has 4 aromatic rings. The van der Waals surface area contributed by atoms with Gasteiger partial charge in [-0.25, -0.2) is 9.97 Å². The van der Waals surface area contributed by atoms with E-state index in [9.17, 15) is 9.90 Å². The van der Waals surface area contributed by atoms with E-state index in [1.54, 1.807) is 12.3 Å². The fourth-order valence-electron chi connectivity index (χ4n) is 2.60. The van der Waals surface area contributed by atoms with Gasteiger partial charge < -0.3 is 15.4 Å². The number of aromatic nitrogens is 3. The zero-order chi connectivity index (χ0) is 17.2. The number of carbonyl (C=O) groups is 1. The fourth-order valence-corrected chi connectivity index (χ4v) is 3.33. The molecule has 0 spiro atoms. The SMILES string of the molecule is O=C(Cc1ccccc1)Nc1nc(-c2c[nH]c3ncc(O)cc23)cs1. The van der Waals surface area contributed by atoms with Gasteiger partial charge in [-0.2, -0.15) is 0 Å². The van der Waals surface area contributed by atoms with Gasteiger partial charge in [0.15, 0.2) is 5.13 Å². The van der Waals surface area contributed by atoms with Crippen LogP contribution in [0.5, 0.6) is 5.75 Å². The van der Waals surface area contributed by atoms with E-state index >= 15 is 0 Å². The standard InChI is InChI=1S/C18H14N4O2S/c23-12-7-13-14(9-20-17(13)19-8-12)15-10-25-18(21-15)22-16(24)6-11-4-2-1-3-5-11/h1-5,7-10,23H,6H2,(H,19,20)(H,21,22,24). The Hall–Kier alpha value is -3.19. The molecule has 0 aliphatic rings. The number of pyridine rings is 1. The van der Waals surface area contributed by atoms with Crippen molar-refractivity contribution in [2.24, 2.45) is 0 Å². The van der Waals surface area contributed by atoms with Gasteiger partial charge in [0, 0.05) is 22.5 Å². The van der Waals surface area contributed by atoms with Crippen LogP contribution in [0.15, 0.2) is 54.2 Å². The molecule has 1 amide bonds. The first-order chi connectivity index (χ1) is 12.2. The Morgan fingerprint density at radius 2 is 2.12 bits per heavy atom. The summed E-state index contributed by atoms with van der Waals surface area (Å²) in [6, 6.07) is 11.2. The van der Waals surface area contributed by atoms with Crippen LogP contribution < -0.4 is 5.32 Å². The third-order valence-corrected chi connectivity index (χ3v) is 4.51. The van der Waals surface area contributed by atoms with Crippen molar-refractivity contribution < 1.29 is 9.90 Å². The predicted molar refractivity (Wildman–Crippen MR) is 97.6 cm³/mol. The summed E-state index contributed by atoms with van der Waals surface area (Å²) in [6.07, 6.45) is 3.49. The maximum atomic E-state index is 12.1. The van der Waals surface area contributed by atoms with Crippen LogP contribution in [0, 0.1) is 0 Å². The smallest absolute Gasteiger partial charge is 0.230 e. The Bertz CT molecular complexity index is 1040. The van der Waals surface area contributed by atoms with Crippen molar-refractivity contribution in [3.8, 4) is 17.0 Å². The lowest BCUT2D eigenvalue weighted by atomic mass is 10.1. The molecule has 6 nitrogen and oxygen atoms in total. The molecular formula is C18H14N4O2S. The van der Waals surface area contributed by atoms with Gasteiger partial charge in [-0.05, 0) is 11.6 Å². The molecule has 0 bridgehead atoms. The Balaban J connectivity index is 1.53. The van der Waals surface area contributed by atoms with E-state index in [1.165, 1.54) is 17.5 Å². The summed E-state index contributed by atoms with van der Waals surface area (Å²) in [7, 11) is 0. The third kappa shape index (κ3) is 3.22. The van der Waals surface area contributed by atoms with Gasteiger partial charge in [0.25, 0.3) is 0 Å². The third-order valence-electron chi connectivity index (χ3n) is 3.75. The Labute approximate surface area is 147 Å². The minimum atomic E-state index is -0.106. The number of aromatic amines is 1. The molecule has 3 N–H and O–H groups in total. The number of thiazole rings is 1. The fraction of sp³-hybridized carbons (Fsp3) is 0.0556. The van der Waals surface area contributed by atoms with E-state index in [1.807, 2.05) is 35.7 Å². The topological polar surface area (TPSA) is 90.9 Å².